The van der Waals surface area contributed by atoms with E-state index in [1.165, 1.54) is 11.8 Å². The monoisotopic (exact) mass is 269 g/mol. The van der Waals surface area contributed by atoms with Crippen molar-refractivity contribution in [2.45, 2.75) is 25.2 Å². The van der Waals surface area contributed by atoms with E-state index < -0.39 is 0 Å². The van der Waals surface area contributed by atoms with Crippen molar-refractivity contribution in [2.24, 2.45) is 0 Å². The van der Waals surface area contributed by atoms with E-state index in [1.54, 1.807) is 6.92 Å². The molecule has 0 aliphatic rings. The molecule has 4 nitrogen and oxygen atoms in total. The summed E-state index contributed by atoms with van der Waals surface area (Å²) >= 11 is 1.36. The van der Waals surface area contributed by atoms with Gasteiger partial charge in [0.05, 0.1) is 24.7 Å². The van der Waals surface area contributed by atoms with Crippen LogP contribution in [0.15, 0.2) is 23.1 Å². The van der Waals surface area contributed by atoms with Gasteiger partial charge in [-0.05, 0) is 25.5 Å². The van der Waals surface area contributed by atoms with Crippen molar-refractivity contribution in [3.05, 3.63) is 18.2 Å². The summed E-state index contributed by atoms with van der Waals surface area (Å²) in [6, 6.07) is 5.58. The van der Waals surface area contributed by atoms with Crippen LogP contribution in [0.3, 0.4) is 0 Å². The highest BCUT2D eigenvalue weighted by molar-refractivity contribution is 8.00. The van der Waals surface area contributed by atoms with E-state index in [1.807, 2.05) is 25.1 Å². The lowest BCUT2D eigenvalue weighted by atomic mass is 10.3. The lowest BCUT2D eigenvalue weighted by molar-refractivity contribution is -0.139. The maximum Gasteiger partial charge on any atom is 0.316 e. The summed E-state index contributed by atoms with van der Waals surface area (Å²) in [7, 11) is 0. The lowest BCUT2D eigenvalue weighted by Gasteiger charge is -2.11. The van der Waals surface area contributed by atoms with Crippen LogP contribution in [0.1, 0.15) is 20.3 Å². The predicted octanol–water partition coefficient (Wildman–Crippen LogP) is 2.71. The quantitative estimate of drug-likeness (QED) is 0.468. The fourth-order valence-corrected chi connectivity index (χ4v) is 2.11. The standard InChI is InChI=1S/C13H19NO3S/c1-3-8-17-10-6-5-7-11(13(10)14)18-9-12(15)16-4-2/h5-7H,3-4,8-9,14H2,1-2H3. The molecule has 0 saturated heterocycles. The Morgan fingerprint density at radius 1 is 1.39 bits per heavy atom. The van der Waals surface area contributed by atoms with Gasteiger partial charge in [0.1, 0.15) is 5.75 Å². The summed E-state index contributed by atoms with van der Waals surface area (Å²) in [5.74, 6) is 0.697. The highest BCUT2D eigenvalue weighted by Crippen LogP contribution is 2.32. The number of rotatable bonds is 7. The number of carbonyl (C=O) groups excluding carboxylic acids is 1. The van der Waals surface area contributed by atoms with Crippen LogP contribution in [0, 0.1) is 0 Å². The van der Waals surface area contributed by atoms with Crippen LogP contribution in [0.4, 0.5) is 5.69 Å². The van der Waals surface area contributed by atoms with Gasteiger partial charge in [-0.3, -0.25) is 4.79 Å². The number of para-hydroxylation sites is 1. The van der Waals surface area contributed by atoms with E-state index in [0.717, 1.165) is 11.3 Å². The Bertz CT molecular complexity index is 396. The van der Waals surface area contributed by atoms with Gasteiger partial charge in [-0.15, -0.1) is 11.8 Å². The van der Waals surface area contributed by atoms with Crippen LogP contribution >= 0.6 is 11.8 Å². The van der Waals surface area contributed by atoms with E-state index in [9.17, 15) is 4.79 Å². The molecule has 100 valence electrons. The third kappa shape index (κ3) is 4.49. The van der Waals surface area contributed by atoms with Gasteiger partial charge in [-0.2, -0.15) is 0 Å². The van der Waals surface area contributed by atoms with Crippen molar-refractivity contribution in [3.8, 4) is 5.75 Å². The molecule has 0 aliphatic carbocycles. The molecule has 2 N–H and O–H groups in total. The SMILES string of the molecule is CCCOc1cccc(SCC(=O)OCC)c1N. The smallest absolute Gasteiger partial charge is 0.316 e. The van der Waals surface area contributed by atoms with E-state index in [0.29, 0.717) is 24.7 Å². The average Bonchev–Trinajstić information content (AvgIpc) is 2.36. The Morgan fingerprint density at radius 2 is 2.17 bits per heavy atom. The molecule has 0 unspecified atom stereocenters. The van der Waals surface area contributed by atoms with Crippen molar-refractivity contribution >= 4 is 23.4 Å². The maximum atomic E-state index is 11.3. The lowest BCUT2D eigenvalue weighted by Crippen LogP contribution is -2.07. The molecule has 0 radical (unpaired) electrons. The highest BCUT2D eigenvalue weighted by atomic mass is 32.2. The maximum absolute atomic E-state index is 11.3. The van der Waals surface area contributed by atoms with Gasteiger partial charge in [0.15, 0.2) is 0 Å². The number of hydrogen-bond acceptors (Lipinski definition) is 5. The second-order valence-electron chi connectivity index (χ2n) is 3.61. The molecule has 0 spiro atoms. The Kier molecular flexibility index (Phi) is 6.43. The minimum Gasteiger partial charge on any atom is -0.491 e. The molecule has 1 aromatic carbocycles. The Hall–Kier alpha value is -1.36. The molecule has 0 heterocycles. The molecule has 0 aromatic heterocycles. The number of nitrogen functional groups attached to an aromatic ring is 1. The van der Waals surface area contributed by atoms with Crippen molar-refractivity contribution in [3.63, 3.8) is 0 Å². The van der Waals surface area contributed by atoms with Crippen LogP contribution < -0.4 is 10.5 Å². The molecule has 1 aromatic rings. The van der Waals surface area contributed by atoms with Crippen LogP contribution in [0.5, 0.6) is 5.75 Å². The number of anilines is 1. The first kappa shape index (κ1) is 14.7. The fraction of sp³-hybridized carbons (Fsp3) is 0.462. The average molecular weight is 269 g/mol. The Morgan fingerprint density at radius 3 is 2.83 bits per heavy atom. The Labute approximate surface area is 112 Å². The van der Waals surface area contributed by atoms with Gasteiger partial charge < -0.3 is 15.2 Å². The fourth-order valence-electron chi connectivity index (χ4n) is 1.33. The first-order valence-electron chi connectivity index (χ1n) is 5.98. The van der Waals surface area contributed by atoms with Crippen LogP contribution in [0.25, 0.3) is 0 Å². The third-order valence-corrected chi connectivity index (χ3v) is 3.19. The van der Waals surface area contributed by atoms with E-state index in [2.05, 4.69) is 0 Å². The summed E-state index contributed by atoms with van der Waals surface area (Å²) in [5.41, 5.74) is 6.57. The summed E-state index contributed by atoms with van der Waals surface area (Å²) in [4.78, 5) is 12.1. The van der Waals surface area contributed by atoms with Gasteiger partial charge in [-0.1, -0.05) is 13.0 Å². The molecule has 5 heteroatoms. The second kappa shape index (κ2) is 7.87. The summed E-state index contributed by atoms with van der Waals surface area (Å²) in [6.07, 6.45) is 0.930. The van der Waals surface area contributed by atoms with Gasteiger partial charge in [0.2, 0.25) is 0 Å². The number of ether oxygens (including phenoxy) is 2. The van der Waals surface area contributed by atoms with Gasteiger partial charge in [0.25, 0.3) is 0 Å². The summed E-state index contributed by atoms with van der Waals surface area (Å²) in [5, 5.41) is 0. The van der Waals surface area contributed by atoms with Crippen molar-refractivity contribution in [1.82, 2.24) is 0 Å². The number of carbonyl (C=O) groups is 1. The summed E-state index contributed by atoms with van der Waals surface area (Å²) in [6.45, 7) is 4.86. The highest BCUT2D eigenvalue weighted by Gasteiger charge is 2.09. The summed E-state index contributed by atoms with van der Waals surface area (Å²) < 4.78 is 10.4. The van der Waals surface area contributed by atoms with Crippen molar-refractivity contribution < 1.29 is 14.3 Å². The predicted molar refractivity (Wildman–Crippen MR) is 74.0 cm³/mol. The number of esters is 1. The third-order valence-electron chi connectivity index (χ3n) is 2.14. The minimum absolute atomic E-state index is 0.234. The molecular weight excluding hydrogens is 250 g/mol. The zero-order valence-corrected chi connectivity index (χ0v) is 11.6. The van der Waals surface area contributed by atoms with Gasteiger partial charge in [0, 0.05) is 4.90 Å². The van der Waals surface area contributed by atoms with Crippen LogP contribution in [-0.4, -0.2) is 24.9 Å². The Balaban J connectivity index is 2.62. The number of hydrogen-bond donors (Lipinski definition) is 1. The van der Waals surface area contributed by atoms with Gasteiger partial charge in [-0.25, -0.2) is 0 Å². The molecule has 18 heavy (non-hydrogen) atoms. The zero-order chi connectivity index (χ0) is 13.4. The molecule has 1 rings (SSSR count). The normalized spacial score (nSPS) is 10.1. The van der Waals surface area contributed by atoms with E-state index in [-0.39, 0.29) is 11.7 Å². The number of nitrogens with two attached hydrogens (primary N) is 1. The first-order chi connectivity index (χ1) is 8.69. The van der Waals surface area contributed by atoms with Crippen molar-refractivity contribution in [2.75, 3.05) is 24.7 Å². The molecule has 0 saturated carbocycles. The van der Waals surface area contributed by atoms with Crippen LogP contribution in [0.2, 0.25) is 0 Å². The van der Waals surface area contributed by atoms with Gasteiger partial charge >= 0.3 is 5.97 Å². The van der Waals surface area contributed by atoms with E-state index in [4.69, 9.17) is 15.2 Å². The molecule has 0 aliphatic heterocycles. The second-order valence-corrected chi connectivity index (χ2v) is 4.63. The molecular formula is C13H19NO3S. The van der Waals surface area contributed by atoms with E-state index >= 15 is 0 Å². The topological polar surface area (TPSA) is 61.5 Å². The number of thioether (sulfide) groups is 1. The first-order valence-corrected chi connectivity index (χ1v) is 6.97. The zero-order valence-electron chi connectivity index (χ0n) is 10.8. The van der Waals surface area contributed by atoms with Crippen molar-refractivity contribution in [1.29, 1.82) is 0 Å². The molecule has 0 fully saturated rings. The largest absolute Gasteiger partial charge is 0.491 e. The molecule has 0 atom stereocenters. The van der Waals surface area contributed by atoms with Crippen LogP contribution in [-0.2, 0) is 9.53 Å². The molecule has 0 amide bonds. The molecule has 0 bridgehead atoms. The minimum atomic E-state index is -0.234. The number of benzene rings is 1.